The third-order valence-electron chi connectivity index (χ3n) is 2.28. The van der Waals surface area contributed by atoms with E-state index >= 15 is 0 Å². The molecule has 4 nitrogen and oxygen atoms in total. The molecule has 0 bridgehead atoms. The van der Waals surface area contributed by atoms with Crippen molar-refractivity contribution in [2.45, 2.75) is 6.92 Å². The molecule has 19 heavy (non-hydrogen) atoms. The van der Waals surface area contributed by atoms with Gasteiger partial charge in [0.2, 0.25) is 5.95 Å². The fourth-order valence-electron chi connectivity index (χ4n) is 1.35. The lowest BCUT2D eigenvalue weighted by Crippen LogP contribution is -2.15. The maximum atomic E-state index is 12.9. The summed E-state index contributed by atoms with van der Waals surface area (Å²) in [5.74, 6) is -1.19. The second-order valence-corrected chi connectivity index (χ2v) is 4.50. The van der Waals surface area contributed by atoms with Crippen LogP contribution >= 0.6 is 23.2 Å². The summed E-state index contributed by atoms with van der Waals surface area (Å²) in [5, 5.41) is 3.04. The topological polar surface area (TPSA) is 54.9 Å². The molecule has 0 radical (unpaired) electrons. The molecule has 0 saturated carbocycles. The zero-order valence-electron chi connectivity index (χ0n) is 9.75. The van der Waals surface area contributed by atoms with Crippen molar-refractivity contribution in [3.05, 3.63) is 51.6 Å². The highest BCUT2D eigenvalue weighted by Crippen LogP contribution is 2.25. The minimum absolute atomic E-state index is 0.0644. The number of pyridine rings is 2. The number of aryl methyl sites for hydroxylation is 1. The molecule has 2 rings (SSSR count). The van der Waals surface area contributed by atoms with Crippen LogP contribution in [-0.4, -0.2) is 15.9 Å². The molecule has 0 aliphatic heterocycles. The Bertz CT molecular complexity index is 649. The van der Waals surface area contributed by atoms with Crippen LogP contribution in [-0.2, 0) is 0 Å². The van der Waals surface area contributed by atoms with E-state index < -0.39 is 11.9 Å². The van der Waals surface area contributed by atoms with Gasteiger partial charge < -0.3 is 5.32 Å². The Balaban J connectivity index is 2.27. The lowest BCUT2D eigenvalue weighted by Gasteiger charge is -2.07. The smallest absolute Gasteiger partial charge is 0.275 e. The number of rotatable bonds is 2. The van der Waals surface area contributed by atoms with Crippen molar-refractivity contribution in [2.24, 2.45) is 0 Å². The molecule has 0 spiro atoms. The van der Waals surface area contributed by atoms with E-state index in [2.05, 4.69) is 15.3 Å². The first-order chi connectivity index (χ1) is 8.97. The lowest BCUT2D eigenvalue weighted by atomic mass is 10.3. The van der Waals surface area contributed by atoms with Gasteiger partial charge in [0.15, 0.2) is 5.82 Å². The summed E-state index contributed by atoms with van der Waals surface area (Å²) < 4.78 is 12.9. The van der Waals surface area contributed by atoms with E-state index in [4.69, 9.17) is 23.2 Å². The van der Waals surface area contributed by atoms with Gasteiger partial charge in [-0.1, -0.05) is 29.3 Å². The molecule has 98 valence electrons. The average Bonchev–Trinajstić information content (AvgIpc) is 2.36. The highest BCUT2D eigenvalue weighted by Gasteiger charge is 2.13. The van der Waals surface area contributed by atoms with Crippen LogP contribution < -0.4 is 5.32 Å². The molecule has 2 heterocycles. The third kappa shape index (κ3) is 3.19. The summed E-state index contributed by atoms with van der Waals surface area (Å²) in [4.78, 5) is 19.3. The monoisotopic (exact) mass is 299 g/mol. The van der Waals surface area contributed by atoms with E-state index in [1.165, 1.54) is 18.2 Å². The summed E-state index contributed by atoms with van der Waals surface area (Å²) in [6.45, 7) is 1.68. The van der Waals surface area contributed by atoms with Crippen LogP contribution in [0.15, 0.2) is 24.3 Å². The van der Waals surface area contributed by atoms with Crippen LogP contribution in [0.1, 0.15) is 16.2 Å². The van der Waals surface area contributed by atoms with Crippen molar-refractivity contribution < 1.29 is 9.18 Å². The maximum Gasteiger partial charge on any atom is 0.275 e. The first-order valence-corrected chi connectivity index (χ1v) is 5.99. The number of hydrogen-bond donors (Lipinski definition) is 1. The van der Waals surface area contributed by atoms with Crippen LogP contribution in [0.5, 0.6) is 0 Å². The summed E-state index contributed by atoms with van der Waals surface area (Å²) >= 11 is 11.7. The molecule has 0 aliphatic carbocycles. The number of aromatic nitrogens is 2. The van der Waals surface area contributed by atoms with Crippen LogP contribution in [0.2, 0.25) is 10.0 Å². The van der Waals surface area contributed by atoms with Gasteiger partial charge in [0.05, 0.1) is 15.7 Å². The number of hydrogen-bond acceptors (Lipinski definition) is 3. The second-order valence-electron chi connectivity index (χ2n) is 3.69. The van der Waals surface area contributed by atoms with Gasteiger partial charge in [-0.15, -0.1) is 0 Å². The molecule has 2 aromatic heterocycles. The number of carbonyl (C=O) groups is 1. The van der Waals surface area contributed by atoms with E-state index in [0.717, 1.165) is 6.07 Å². The lowest BCUT2D eigenvalue weighted by molar-refractivity contribution is 0.102. The number of nitrogens with zero attached hydrogens (tertiary/aromatic N) is 2. The summed E-state index contributed by atoms with van der Waals surface area (Å²) in [7, 11) is 0. The standard InChI is InChI=1S/C12H8Cl2FN3O/c1-6-7(13)5-8(14)11(16-6)18-12(19)9-3-2-4-10(15)17-9/h2-5H,1H3,(H,16,18,19). The third-order valence-corrected chi connectivity index (χ3v) is 2.96. The van der Waals surface area contributed by atoms with E-state index in [9.17, 15) is 9.18 Å². The van der Waals surface area contributed by atoms with E-state index in [0.29, 0.717) is 10.7 Å². The van der Waals surface area contributed by atoms with Crippen molar-refractivity contribution in [1.82, 2.24) is 9.97 Å². The van der Waals surface area contributed by atoms with E-state index in [-0.39, 0.29) is 16.5 Å². The molecule has 0 aliphatic rings. The Morgan fingerprint density at radius 3 is 2.68 bits per heavy atom. The quantitative estimate of drug-likeness (QED) is 0.864. The fraction of sp³-hybridized carbons (Fsp3) is 0.0833. The molecule has 0 unspecified atom stereocenters. The predicted molar refractivity (Wildman–Crippen MR) is 71.1 cm³/mol. The van der Waals surface area contributed by atoms with Crippen LogP contribution in [0.4, 0.5) is 10.2 Å². The summed E-state index contributed by atoms with van der Waals surface area (Å²) in [6.07, 6.45) is 0. The minimum Gasteiger partial charge on any atom is -0.304 e. The first-order valence-electron chi connectivity index (χ1n) is 5.24. The molecule has 2 aromatic rings. The first kappa shape index (κ1) is 13.7. The van der Waals surface area contributed by atoms with Gasteiger partial charge in [-0.3, -0.25) is 4.79 Å². The molecule has 0 aromatic carbocycles. The molecule has 0 atom stereocenters. The van der Waals surface area contributed by atoms with Gasteiger partial charge in [0, 0.05) is 0 Å². The Morgan fingerprint density at radius 1 is 1.26 bits per heavy atom. The molecular weight excluding hydrogens is 292 g/mol. The Kier molecular flexibility index (Phi) is 3.97. The van der Waals surface area contributed by atoms with Gasteiger partial charge in [0.25, 0.3) is 5.91 Å². The van der Waals surface area contributed by atoms with Crippen LogP contribution in [0.25, 0.3) is 0 Å². The van der Waals surface area contributed by atoms with Gasteiger partial charge in [-0.2, -0.15) is 4.39 Å². The van der Waals surface area contributed by atoms with Gasteiger partial charge in [-0.05, 0) is 25.1 Å². The number of halogens is 3. The van der Waals surface area contributed by atoms with Crippen LogP contribution in [0, 0.1) is 12.9 Å². The summed E-state index contributed by atoms with van der Waals surface area (Å²) in [6, 6.07) is 5.39. The number of carbonyl (C=O) groups excluding carboxylic acids is 1. The molecule has 7 heteroatoms. The molecule has 0 saturated heterocycles. The Morgan fingerprint density at radius 2 is 2.00 bits per heavy atom. The highest BCUT2D eigenvalue weighted by atomic mass is 35.5. The molecular formula is C12H8Cl2FN3O. The average molecular weight is 300 g/mol. The predicted octanol–water partition coefficient (Wildman–Crippen LogP) is 3.48. The number of anilines is 1. The Labute approximate surface area is 118 Å². The largest absolute Gasteiger partial charge is 0.304 e. The molecule has 1 amide bonds. The zero-order valence-corrected chi connectivity index (χ0v) is 11.3. The second kappa shape index (κ2) is 5.50. The normalized spacial score (nSPS) is 10.3. The van der Waals surface area contributed by atoms with Crippen molar-refractivity contribution in [1.29, 1.82) is 0 Å². The summed E-state index contributed by atoms with van der Waals surface area (Å²) in [5.41, 5.74) is 0.457. The van der Waals surface area contributed by atoms with Gasteiger partial charge in [-0.25, -0.2) is 9.97 Å². The highest BCUT2D eigenvalue weighted by molar-refractivity contribution is 6.36. The van der Waals surface area contributed by atoms with Gasteiger partial charge >= 0.3 is 0 Å². The molecule has 0 fully saturated rings. The van der Waals surface area contributed by atoms with Crippen LogP contribution in [0.3, 0.4) is 0 Å². The SMILES string of the molecule is Cc1nc(NC(=O)c2cccc(F)n2)c(Cl)cc1Cl. The minimum atomic E-state index is -0.737. The number of nitrogens with one attached hydrogen (secondary N) is 1. The molecule has 1 N–H and O–H groups in total. The number of amides is 1. The van der Waals surface area contributed by atoms with E-state index in [1.54, 1.807) is 6.92 Å². The Hall–Kier alpha value is -1.72. The zero-order chi connectivity index (χ0) is 14.0. The van der Waals surface area contributed by atoms with Gasteiger partial charge in [0.1, 0.15) is 5.69 Å². The van der Waals surface area contributed by atoms with Crippen molar-refractivity contribution in [3.8, 4) is 0 Å². The fourth-order valence-corrected chi connectivity index (χ4v) is 1.76. The van der Waals surface area contributed by atoms with Crippen molar-refractivity contribution in [3.63, 3.8) is 0 Å². The van der Waals surface area contributed by atoms with Crippen molar-refractivity contribution in [2.75, 3.05) is 5.32 Å². The van der Waals surface area contributed by atoms with Crippen molar-refractivity contribution >= 4 is 34.9 Å². The van der Waals surface area contributed by atoms with E-state index in [1.807, 2.05) is 0 Å². The maximum absolute atomic E-state index is 12.9.